The van der Waals surface area contributed by atoms with Gasteiger partial charge in [-0.1, -0.05) is 0 Å². The zero-order valence-corrected chi connectivity index (χ0v) is 10.6. The summed E-state index contributed by atoms with van der Waals surface area (Å²) in [6.07, 6.45) is 1.93. The van der Waals surface area contributed by atoms with Gasteiger partial charge in [0, 0.05) is 32.1 Å². The van der Waals surface area contributed by atoms with Crippen molar-refractivity contribution in [3.8, 4) is 0 Å². The van der Waals surface area contributed by atoms with Crippen LogP contribution in [0.1, 0.15) is 12.8 Å². The summed E-state index contributed by atoms with van der Waals surface area (Å²) in [6.45, 7) is 4.95. The molecule has 0 aromatic carbocycles. The van der Waals surface area contributed by atoms with Crippen LogP contribution in [-0.4, -0.2) is 62.7 Å². The molecule has 2 amide bonds. The standard InChI is InChI=1S/C12H21N3O3/c16-11(9-14-12(17)10-1-2-10)13-3-4-15-5-7-18-8-6-15/h10H,1-9H2,(H,13,16)(H,14,17). The average Bonchev–Trinajstić information content (AvgIpc) is 3.21. The van der Waals surface area contributed by atoms with Crippen LogP contribution in [0.4, 0.5) is 0 Å². The molecule has 2 fully saturated rings. The summed E-state index contributed by atoms with van der Waals surface area (Å²) in [7, 11) is 0. The first kappa shape index (κ1) is 13.3. The number of rotatable bonds is 6. The number of hydrogen-bond donors (Lipinski definition) is 2. The summed E-state index contributed by atoms with van der Waals surface area (Å²) < 4.78 is 5.24. The van der Waals surface area contributed by atoms with E-state index >= 15 is 0 Å². The molecule has 1 saturated heterocycles. The first-order valence-corrected chi connectivity index (χ1v) is 6.60. The second-order valence-electron chi connectivity index (χ2n) is 4.80. The maximum absolute atomic E-state index is 11.5. The Labute approximate surface area is 107 Å². The topological polar surface area (TPSA) is 70.7 Å². The van der Waals surface area contributed by atoms with Crippen molar-refractivity contribution in [1.29, 1.82) is 0 Å². The van der Waals surface area contributed by atoms with Crippen LogP contribution >= 0.6 is 0 Å². The van der Waals surface area contributed by atoms with Gasteiger partial charge < -0.3 is 15.4 Å². The lowest BCUT2D eigenvalue weighted by Crippen LogP contribution is -2.43. The Kier molecular flexibility index (Phi) is 4.95. The monoisotopic (exact) mass is 255 g/mol. The molecule has 2 rings (SSSR count). The maximum Gasteiger partial charge on any atom is 0.239 e. The highest BCUT2D eigenvalue weighted by atomic mass is 16.5. The molecule has 6 nitrogen and oxygen atoms in total. The van der Waals surface area contributed by atoms with E-state index in [-0.39, 0.29) is 24.3 Å². The van der Waals surface area contributed by atoms with E-state index in [2.05, 4.69) is 15.5 Å². The van der Waals surface area contributed by atoms with Crippen molar-refractivity contribution in [1.82, 2.24) is 15.5 Å². The molecule has 0 aromatic heterocycles. The maximum atomic E-state index is 11.5. The van der Waals surface area contributed by atoms with Crippen LogP contribution in [0.3, 0.4) is 0 Å². The third kappa shape index (κ3) is 4.62. The lowest BCUT2D eigenvalue weighted by Gasteiger charge is -2.26. The van der Waals surface area contributed by atoms with Gasteiger partial charge in [0.15, 0.2) is 0 Å². The molecule has 6 heteroatoms. The van der Waals surface area contributed by atoms with Gasteiger partial charge in [-0.3, -0.25) is 14.5 Å². The smallest absolute Gasteiger partial charge is 0.239 e. The number of carbonyl (C=O) groups excluding carboxylic acids is 2. The summed E-state index contributed by atoms with van der Waals surface area (Å²) in [5.41, 5.74) is 0. The van der Waals surface area contributed by atoms with E-state index in [1.54, 1.807) is 0 Å². The largest absolute Gasteiger partial charge is 0.379 e. The number of amides is 2. The molecule has 0 spiro atoms. The average molecular weight is 255 g/mol. The van der Waals surface area contributed by atoms with Crippen molar-refractivity contribution in [3.63, 3.8) is 0 Å². The summed E-state index contributed by atoms with van der Waals surface area (Å²) in [4.78, 5) is 25.0. The summed E-state index contributed by atoms with van der Waals surface area (Å²) in [5, 5.41) is 5.46. The predicted octanol–water partition coefficient (Wildman–Crippen LogP) is -1.04. The van der Waals surface area contributed by atoms with E-state index in [0.717, 1.165) is 45.7 Å². The van der Waals surface area contributed by atoms with Crippen LogP contribution in [0.25, 0.3) is 0 Å². The molecule has 2 N–H and O–H groups in total. The van der Waals surface area contributed by atoms with Gasteiger partial charge in [-0.15, -0.1) is 0 Å². The quantitative estimate of drug-likeness (QED) is 0.636. The van der Waals surface area contributed by atoms with Crippen LogP contribution in [0.2, 0.25) is 0 Å². The van der Waals surface area contributed by atoms with Crippen molar-refractivity contribution < 1.29 is 14.3 Å². The molecule has 0 bridgehead atoms. The van der Waals surface area contributed by atoms with Gasteiger partial charge in [-0.25, -0.2) is 0 Å². The zero-order chi connectivity index (χ0) is 12.8. The molecule has 18 heavy (non-hydrogen) atoms. The Morgan fingerprint density at radius 2 is 1.89 bits per heavy atom. The van der Waals surface area contributed by atoms with Crippen LogP contribution in [0.5, 0.6) is 0 Å². The van der Waals surface area contributed by atoms with Gasteiger partial charge in [0.25, 0.3) is 0 Å². The number of nitrogens with one attached hydrogen (secondary N) is 2. The number of nitrogens with zero attached hydrogens (tertiary/aromatic N) is 1. The molecule has 0 atom stereocenters. The number of carbonyl (C=O) groups is 2. The zero-order valence-electron chi connectivity index (χ0n) is 10.6. The van der Waals surface area contributed by atoms with Gasteiger partial charge in [0.1, 0.15) is 0 Å². The van der Waals surface area contributed by atoms with E-state index < -0.39 is 0 Å². The molecule has 102 valence electrons. The molecule has 2 aliphatic rings. The Morgan fingerprint density at radius 3 is 2.56 bits per heavy atom. The fraction of sp³-hybridized carbons (Fsp3) is 0.833. The van der Waals surface area contributed by atoms with Crippen LogP contribution in [0, 0.1) is 5.92 Å². The molecule has 1 aliphatic heterocycles. The minimum Gasteiger partial charge on any atom is -0.379 e. The minimum absolute atomic E-state index is 0.0123. The molecule has 1 heterocycles. The van der Waals surface area contributed by atoms with Crippen LogP contribution in [-0.2, 0) is 14.3 Å². The molecule has 1 aliphatic carbocycles. The summed E-state index contributed by atoms with van der Waals surface area (Å²) in [5.74, 6) is 0.0572. The van der Waals surface area contributed by atoms with Gasteiger partial charge in [-0.2, -0.15) is 0 Å². The normalized spacial score (nSPS) is 20.4. The van der Waals surface area contributed by atoms with E-state index in [9.17, 15) is 9.59 Å². The predicted molar refractivity (Wildman–Crippen MR) is 66.0 cm³/mol. The fourth-order valence-electron chi connectivity index (χ4n) is 1.90. The van der Waals surface area contributed by atoms with Crippen molar-refractivity contribution in [2.75, 3.05) is 45.9 Å². The highest BCUT2D eigenvalue weighted by molar-refractivity contribution is 5.86. The second kappa shape index (κ2) is 6.70. The first-order chi connectivity index (χ1) is 8.75. The summed E-state index contributed by atoms with van der Waals surface area (Å²) in [6, 6.07) is 0. The fourth-order valence-corrected chi connectivity index (χ4v) is 1.90. The van der Waals surface area contributed by atoms with Crippen LogP contribution < -0.4 is 10.6 Å². The Hall–Kier alpha value is -1.14. The van der Waals surface area contributed by atoms with E-state index in [4.69, 9.17) is 4.74 Å². The van der Waals surface area contributed by atoms with Crippen molar-refractivity contribution in [3.05, 3.63) is 0 Å². The lowest BCUT2D eigenvalue weighted by atomic mass is 10.4. The van der Waals surface area contributed by atoms with Crippen molar-refractivity contribution in [2.45, 2.75) is 12.8 Å². The third-order valence-electron chi connectivity index (χ3n) is 3.23. The van der Waals surface area contributed by atoms with Gasteiger partial charge in [0.05, 0.1) is 19.8 Å². The highest BCUT2D eigenvalue weighted by Crippen LogP contribution is 2.28. The highest BCUT2D eigenvalue weighted by Gasteiger charge is 2.29. The van der Waals surface area contributed by atoms with Gasteiger partial charge in [-0.05, 0) is 12.8 Å². The Bertz CT molecular complexity index is 299. The summed E-state index contributed by atoms with van der Waals surface area (Å²) >= 11 is 0. The Balaban J connectivity index is 1.49. The lowest BCUT2D eigenvalue weighted by molar-refractivity contribution is -0.126. The number of morpholine rings is 1. The molecular weight excluding hydrogens is 234 g/mol. The molecule has 1 saturated carbocycles. The molecule has 0 radical (unpaired) electrons. The van der Waals surface area contributed by atoms with Crippen molar-refractivity contribution in [2.24, 2.45) is 5.92 Å². The molecular formula is C12H21N3O3. The molecule has 0 unspecified atom stereocenters. The first-order valence-electron chi connectivity index (χ1n) is 6.60. The van der Waals surface area contributed by atoms with E-state index in [1.165, 1.54) is 0 Å². The van der Waals surface area contributed by atoms with Crippen molar-refractivity contribution >= 4 is 11.8 Å². The number of ether oxygens (including phenoxy) is 1. The van der Waals surface area contributed by atoms with E-state index in [1.807, 2.05) is 0 Å². The van der Waals surface area contributed by atoms with E-state index in [0.29, 0.717) is 6.54 Å². The molecule has 0 aromatic rings. The number of hydrogen-bond acceptors (Lipinski definition) is 4. The minimum atomic E-state index is -0.114. The third-order valence-corrected chi connectivity index (χ3v) is 3.23. The second-order valence-corrected chi connectivity index (χ2v) is 4.80. The Morgan fingerprint density at radius 1 is 1.17 bits per heavy atom. The van der Waals surface area contributed by atoms with Gasteiger partial charge in [0.2, 0.25) is 11.8 Å². The van der Waals surface area contributed by atoms with Gasteiger partial charge >= 0.3 is 0 Å². The van der Waals surface area contributed by atoms with Crippen LogP contribution in [0.15, 0.2) is 0 Å². The SMILES string of the molecule is O=C(CNC(=O)C1CC1)NCCN1CCOCC1.